The zero-order chi connectivity index (χ0) is 10.3. The molecule has 3 rings (SSSR count). The minimum absolute atomic E-state index is 0.271. The van der Waals surface area contributed by atoms with Gasteiger partial charge in [0.05, 0.1) is 12.1 Å². The number of aromatic nitrogens is 2. The summed E-state index contributed by atoms with van der Waals surface area (Å²) in [5, 5.41) is 13.0. The predicted molar refractivity (Wildman–Crippen MR) is 57.7 cm³/mol. The van der Waals surface area contributed by atoms with Crippen molar-refractivity contribution in [3.05, 3.63) is 24.0 Å². The predicted octanol–water partition coefficient (Wildman–Crippen LogP) is 1.24. The summed E-state index contributed by atoms with van der Waals surface area (Å²) in [4.78, 5) is 4.46. The molecule has 0 aliphatic carbocycles. The van der Waals surface area contributed by atoms with Gasteiger partial charge in [0.25, 0.3) is 0 Å². The standard InChI is InChI=1S/C11H13N3O/c15-9-4-1-3-8-11(9)13-10-7-12-5-2-6-14(8)10/h1,3-4,12,15H,2,5-7H2. The topological polar surface area (TPSA) is 50.1 Å². The molecule has 0 unspecified atom stereocenters. The van der Waals surface area contributed by atoms with Crippen molar-refractivity contribution in [2.45, 2.75) is 19.5 Å². The Balaban J connectivity index is 2.28. The van der Waals surface area contributed by atoms with Gasteiger partial charge < -0.3 is 15.0 Å². The normalized spacial score (nSPS) is 16.3. The number of hydrogen-bond acceptors (Lipinski definition) is 3. The van der Waals surface area contributed by atoms with Crippen LogP contribution in [0.25, 0.3) is 11.0 Å². The number of hydrogen-bond donors (Lipinski definition) is 2. The van der Waals surface area contributed by atoms with Crippen LogP contribution < -0.4 is 5.32 Å². The number of nitrogens with one attached hydrogen (secondary N) is 1. The Morgan fingerprint density at radius 3 is 3.27 bits per heavy atom. The highest BCUT2D eigenvalue weighted by Crippen LogP contribution is 2.25. The van der Waals surface area contributed by atoms with E-state index < -0.39 is 0 Å². The molecule has 2 heterocycles. The third-order valence-electron chi connectivity index (χ3n) is 2.86. The summed E-state index contributed by atoms with van der Waals surface area (Å²) < 4.78 is 2.19. The van der Waals surface area contributed by atoms with Crippen LogP contribution >= 0.6 is 0 Å². The van der Waals surface area contributed by atoms with Crippen molar-refractivity contribution in [3.63, 3.8) is 0 Å². The molecule has 4 heteroatoms. The van der Waals surface area contributed by atoms with Crippen LogP contribution in [-0.2, 0) is 13.1 Å². The zero-order valence-electron chi connectivity index (χ0n) is 8.40. The Labute approximate surface area is 87.5 Å². The number of phenols is 1. The highest BCUT2D eigenvalue weighted by Gasteiger charge is 2.14. The molecule has 2 N–H and O–H groups in total. The van der Waals surface area contributed by atoms with Crippen molar-refractivity contribution in [2.24, 2.45) is 0 Å². The van der Waals surface area contributed by atoms with E-state index in [4.69, 9.17) is 0 Å². The second-order valence-corrected chi connectivity index (χ2v) is 3.85. The highest BCUT2D eigenvalue weighted by molar-refractivity contribution is 5.82. The first-order valence-electron chi connectivity index (χ1n) is 5.24. The monoisotopic (exact) mass is 203 g/mol. The fourth-order valence-corrected chi connectivity index (χ4v) is 2.13. The number of aryl methyl sites for hydroxylation is 1. The van der Waals surface area contributed by atoms with E-state index in [1.54, 1.807) is 6.07 Å². The van der Waals surface area contributed by atoms with Crippen molar-refractivity contribution in [2.75, 3.05) is 6.54 Å². The molecule has 0 amide bonds. The molecule has 0 fully saturated rings. The molecule has 4 nitrogen and oxygen atoms in total. The Bertz CT molecular complexity index is 504. The second kappa shape index (κ2) is 3.24. The molecule has 0 radical (unpaired) electrons. The van der Waals surface area contributed by atoms with E-state index >= 15 is 0 Å². The third-order valence-corrected chi connectivity index (χ3v) is 2.86. The lowest BCUT2D eigenvalue weighted by Crippen LogP contribution is -2.12. The van der Waals surface area contributed by atoms with Gasteiger partial charge in [-0.2, -0.15) is 0 Å². The number of nitrogens with zero attached hydrogens (tertiary/aromatic N) is 2. The van der Waals surface area contributed by atoms with Crippen molar-refractivity contribution >= 4 is 11.0 Å². The molecule has 1 aromatic heterocycles. The van der Waals surface area contributed by atoms with E-state index in [0.717, 1.165) is 42.9 Å². The molecule has 0 spiro atoms. The van der Waals surface area contributed by atoms with Gasteiger partial charge in [0.15, 0.2) is 0 Å². The summed E-state index contributed by atoms with van der Waals surface area (Å²) in [6.45, 7) is 2.79. The van der Waals surface area contributed by atoms with Gasteiger partial charge in [-0.25, -0.2) is 4.98 Å². The van der Waals surface area contributed by atoms with Gasteiger partial charge in [0.2, 0.25) is 0 Å². The van der Waals surface area contributed by atoms with Gasteiger partial charge >= 0.3 is 0 Å². The van der Waals surface area contributed by atoms with E-state index in [0.29, 0.717) is 0 Å². The molecule has 0 saturated heterocycles. The van der Waals surface area contributed by atoms with Gasteiger partial charge in [-0.05, 0) is 25.1 Å². The first kappa shape index (κ1) is 8.73. The maximum Gasteiger partial charge on any atom is 0.143 e. The third kappa shape index (κ3) is 1.29. The molecule has 1 aliphatic heterocycles. The summed E-state index contributed by atoms with van der Waals surface area (Å²) in [6.07, 6.45) is 1.11. The van der Waals surface area contributed by atoms with Gasteiger partial charge in [-0.3, -0.25) is 0 Å². The van der Waals surface area contributed by atoms with Crippen LogP contribution in [0, 0.1) is 0 Å². The lowest BCUT2D eigenvalue weighted by molar-refractivity contribution is 0.480. The Morgan fingerprint density at radius 2 is 2.33 bits per heavy atom. The summed E-state index contributed by atoms with van der Waals surface area (Å²) in [5.74, 6) is 1.29. The Kier molecular flexibility index (Phi) is 1.89. The summed E-state index contributed by atoms with van der Waals surface area (Å²) in [7, 11) is 0. The number of imidazole rings is 1. The number of rotatable bonds is 0. The van der Waals surface area contributed by atoms with Crippen LogP contribution in [-0.4, -0.2) is 21.2 Å². The molecule has 78 valence electrons. The Morgan fingerprint density at radius 1 is 1.40 bits per heavy atom. The molecule has 1 aliphatic rings. The van der Waals surface area contributed by atoms with Crippen molar-refractivity contribution in [3.8, 4) is 5.75 Å². The van der Waals surface area contributed by atoms with Crippen LogP contribution in [0.5, 0.6) is 5.75 Å². The second-order valence-electron chi connectivity index (χ2n) is 3.85. The van der Waals surface area contributed by atoms with Gasteiger partial charge in [0.1, 0.15) is 17.1 Å². The number of phenolic OH excluding ortho intramolecular Hbond substituents is 1. The van der Waals surface area contributed by atoms with Gasteiger partial charge in [-0.1, -0.05) is 6.07 Å². The van der Waals surface area contributed by atoms with Crippen molar-refractivity contribution < 1.29 is 5.11 Å². The summed E-state index contributed by atoms with van der Waals surface area (Å²) in [5.41, 5.74) is 1.75. The maximum absolute atomic E-state index is 9.69. The summed E-state index contributed by atoms with van der Waals surface area (Å²) in [6, 6.07) is 5.56. The first-order chi connectivity index (χ1) is 7.36. The van der Waals surface area contributed by atoms with Crippen LogP contribution in [0.2, 0.25) is 0 Å². The molecule has 0 saturated carbocycles. The molecule has 0 atom stereocenters. The molecular formula is C11H13N3O. The number of fused-ring (bicyclic) bond motifs is 3. The Hall–Kier alpha value is -1.55. The lowest BCUT2D eigenvalue weighted by atomic mass is 10.3. The van der Waals surface area contributed by atoms with Gasteiger partial charge in [-0.15, -0.1) is 0 Å². The molecule has 1 aromatic carbocycles. The largest absolute Gasteiger partial charge is 0.506 e. The SMILES string of the molecule is Oc1cccc2c1nc1n2CCCNC1. The number of aromatic hydroxyl groups is 1. The van der Waals surface area contributed by atoms with Gasteiger partial charge in [0, 0.05) is 6.54 Å². The quantitative estimate of drug-likeness (QED) is 0.677. The minimum Gasteiger partial charge on any atom is -0.506 e. The first-order valence-corrected chi connectivity index (χ1v) is 5.24. The van der Waals surface area contributed by atoms with E-state index in [2.05, 4.69) is 14.9 Å². The van der Waals surface area contributed by atoms with Crippen LogP contribution in [0.3, 0.4) is 0 Å². The van der Waals surface area contributed by atoms with E-state index in [-0.39, 0.29) is 5.75 Å². The fourth-order valence-electron chi connectivity index (χ4n) is 2.13. The highest BCUT2D eigenvalue weighted by atomic mass is 16.3. The molecule has 15 heavy (non-hydrogen) atoms. The fraction of sp³-hybridized carbons (Fsp3) is 0.364. The summed E-state index contributed by atoms with van der Waals surface area (Å²) >= 11 is 0. The molecule has 2 aromatic rings. The average Bonchev–Trinajstić information content (AvgIpc) is 2.45. The van der Waals surface area contributed by atoms with Crippen LogP contribution in [0.4, 0.5) is 0 Å². The number of benzene rings is 1. The zero-order valence-corrected chi connectivity index (χ0v) is 8.40. The van der Waals surface area contributed by atoms with Crippen molar-refractivity contribution in [1.82, 2.24) is 14.9 Å². The van der Waals surface area contributed by atoms with E-state index in [1.807, 2.05) is 12.1 Å². The van der Waals surface area contributed by atoms with E-state index in [1.165, 1.54) is 0 Å². The smallest absolute Gasteiger partial charge is 0.143 e. The lowest BCUT2D eigenvalue weighted by Gasteiger charge is -2.02. The molecular weight excluding hydrogens is 190 g/mol. The van der Waals surface area contributed by atoms with Crippen LogP contribution in [0.15, 0.2) is 18.2 Å². The van der Waals surface area contributed by atoms with Crippen LogP contribution in [0.1, 0.15) is 12.2 Å². The average molecular weight is 203 g/mol. The minimum atomic E-state index is 0.271. The number of para-hydroxylation sites is 1. The van der Waals surface area contributed by atoms with E-state index in [9.17, 15) is 5.11 Å². The molecule has 0 bridgehead atoms. The maximum atomic E-state index is 9.69. The van der Waals surface area contributed by atoms with Crippen molar-refractivity contribution in [1.29, 1.82) is 0 Å².